The summed E-state index contributed by atoms with van der Waals surface area (Å²) in [5.74, 6) is -0.151. The van der Waals surface area contributed by atoms with Gasteiger partial charge in [0.25, 0.3) is 0 Å². The Labute approximate surface area is 102 Å². The first-order valence-corrected chi connectivity index (χ1v) is 6.58. The third-order valence-corrected chi connectivity index (χ3v) is 4.43. The van der Waals surface area contributed by atoms with Crippen molar-refractivity contribution < 1.29 is 14.7 Å². The van der Waals surface area contributed by atoms with Gasteiger partial charge in [0.05, 0.1) is 5.92 Å². The molecule has 0 aromatic carbocycles. The molecule has 0 aromatic rings. The second-order valence-corrected chi connectivity index (χ2v) is 5.41. The second-order valence-electron chi connectivity index (χ2n) is 5.41. The average Bonchev–Trinajstić information content (AvgIpc) is 2.81. The molecule has 1 saturated carbocycles. The highest BCUT2D eigenvalue weighted by molar-refractivity contribution is 5.75. The lowest BCUT2D eigenvalue weighted by molar-refractivity contribution is -0.149. The standard InChI is InChI=1S/C13H21NO3/c1-9(15)14-7-6-11(13(16)17)12(8-14)10-4-2-3-5-10/h10-12H,2-8H2,1H3,(H,16,17)/t11-,12-/m0/s1. The summed E-state index contributed by atoms with van der Waals surface area (Å²) in [4.78, 5) is 24.5. The van der Waals surface area contributed by atoms with E-state index in [0.29, 0.717) is 25.4 Å². The van der Waals surface area contributed by atoms with E-state index in [1.807, 2.05) is 4.90 Å². The van der Waals surface area contributed by atoms with E-state index < -0.39 is 5.97 Å². The molecule has 96 valence electrons. The number of hydrogen-bond acceptors (Lipinski definition) is 2. The lowest BCUT2D eigenvalue weighted by Crippen LogP contribution is -2.47. The summed E-state index contributed by atoms with van der Waals surface area (Å²) in [5, 5.41) is 9.29. The van der Waals surface area contributed by atoms with Crippen LogP contribution < -0.4 is 0 Å². The molecule has 0 spiro atoms. The van der Waals surface area contributed by atoms with Gasteiger partial charge in [-0.2, -0.15) is 0 Å². The van der Waals surface area contributed by atoms with Crippen LogP contribution >= 0.6 is 0 Å². The first-order valence-electron chi connectivity index (χ1n) is 6.58. The van der Waals surface area contributed by atoms with Crippen LogP contribution in [-0.4, -0.2) is 35.0 Å². The zero-order valence-corrected chi connectivity index (χ0v) is 10.4. The van der Waals surface area contributed by atoms with Gasteiger partial charge in [-0.05, 0) is 18.3 Å². The lowest BCUT2D eigenvalue weighted by Gasteiger charge is -2.39. The predicted molar refractivity (Wildman–Crippen MR) is 63.4 cm³/mol. The van der Waals surface area contributed by atoms with Crippen molar-refractivity contribution in [3.63, 3.8) is 0 Å². The van der Waals surface area contributed by atoms with Gasteiger partial charge in [0.1, 0.15) is 0 Å². The van der Waals surface area contributed by atoms with Crippen LogP contribution in [0.3, 0.4) is 0 Å². The highest BCUT2D eigenvalue weighted by Crippen LogP contribution is 2.39. The molecule has 1 amide bonds. The lowest BCUT2D eigenvalue weighted by atomic mass is 9.76. The first kappa shape index (κ1) is 12.4. The molecule has 1 heterocycles. The highest BCUT2D eigenvalue weighted by atomic mass is 16.4. The maximum Gasteiger partial charge on any atom is 0.306 e. The molecular weight excluding hydrogens is 218 g/mol. The van der Waals surface area contributed by atoms with Crippen molar-refractivity contribution in [2.24, 2.45) is 17.8 Å². The third kappa shape index (κ3) is 2.61. The molecule has 17 heavy (non-hydrogen) atoms. The number of nitrogens with zero attached hydrogens (tertiary/aromatic N) is 1. The van der Waals surface area contributed by atoms with E-state index in [-0.39, 0.29) is 17.7 Å². The Morgan fingerprint density at radius 1 is 1.18 bits per heavy atom. The molecule has 0 unspecified atom stereocenters. The van der Waals surface area contributed by atoms with Crippen LogP contribution in [-0.2, 0) is 9.59 Å². The fraction of sp³-hybridized carbons (Fsp3) is 0.846. The minimum atomic E-state index is -0.676. The van der Waals surface area contributed by atoms with Gasteiger partial charge < -0.3 is 10.0 Å². The zero-order valence-electron chi connectivity index (χ0n) is 10.4. The van der Waals surface area contributed by atoms with Crippen LogP contribution in [0.4, 0.5) is 0 Å². The van der Waals surface area contributed by atoms with E-state index in [4.69, 9.17) is 0 Å². The summed E-state index contributed by atoms with van der Waals surface area (Å²) in [6.07, 6.45) is 5.33. The Bertz CT molecular complexity index is 310. The molecule has 0 bridgehead atoms. The predicted octanol–water partition coefficient (Wildman–Crippen LogP) is 1.75. The number of carboxylic acid groups (broad SMARTS) is 1. The topological polar surface area (TPSA) is 57.6 Å². The second kappa shape index (κ2) is 5.07. The molecule has 1 aliphatic heterocycles. The Hall–Kier alpha value is -1.06. The Morgan fingerprint density at radius 3 is 2.35 bits per heavy atom. The van der Waals surface area contributed by atoms with Gasteiger partial charge in [-0.15, -0.1) is 0 Å². The average molecular weight is 239 g/mol. The van der Waals surface area contributed by atoms with Crippen LogP contribution in [0.15, 0.2) is 0 Å². The fourth-order valence-corrected chi connectivity index (χ4v) is 3.44. The fourth-order valence-electron chi connectivity index (χ4n) is 3.44. The van der Waals surface area contributed by atoms with Crippen LogP contribution in [0.25, 0.3) is 0 Å². The molecule has 0 aromatic heterocycles. The summed E-state index contributed by atoms with van der Waals surface area (Å²) >= 11 is 0. The van der Waals surface area contributed by atoms with Gasteiger partial charge >= 0.3 is 5.97 Å². The van der Waals surface area contributed by atoms with Crippen molar-refractivity contribution in [3.05, 3.63) is 0 Å². The van der Waals surface area contributed by atoms with Crippen LogP contribution in [0.5, 0.6) is 0 Å². The number of carbonyl (C=O) groups is 2. The van der Waals surface area contributed by atoms with Gasteiger partial charge in [-0.25, -0.2) is 0 Å². The minimum absolute atomic E-state index is 0.0804. The van der Waals surface area contributed by atoms with Crippen molar-refractivity contribution in [1.82, 2.24) is 4.90 Å². The summed E-state index contributed by atoms with van der Waals surface area (Å²) in [6.45, 7) is 2.83. The largest absolute Gasteiger partial charge is 0.481 e. The van der Waals surface area contributed by atoms with E-state index in [0.717, 1.165) is 12.8 Å². The molecule has 2 fully saturated rings. The number of piperidine rings is 1. The molecule has 1 aliphatic carbocycles. The highest BCUT2D eigenvalue weighted by Gasteiger charge is 2.40. The number of carbonyl (C=O) groups excluding carboxylic acids is 1. The van der Waals surface area contributed by atoms with Gasteiger partial charge in [-0.1, -0.05) is 25.7 Å². The number of amides is 1. The number of rotatable bonds is 2. The quantitative estimate of drug-likeness (QED) is 0.798. The normalized spacial score (nSPS) is 30.5. The summed E-state index contributed by atoms with van der Waals surface area (Å²) in [7, 11) is 0. The van der Waals surface area contributed by atoms with Gasteiger partial charge in [0.2, 0.25) is 5.91 Å². The third-order valence-electron chi connectivity index (χ3n) is 4.43. The smallest absolute Gasteiger partial charge is 0.306 e. The van der Waals surface area contributed by atoms with Crippen molar-refractivity contribution in [1.29, 1.82) is 0 Å². The summed E-state index contributed by atoms with van der Waals surface area (Å²) in [5.41, 5.74) is 0. The molecule has 0 radical (unpaired) electrons. The molecule has 2 rings (SSSR count). The van der Waals surface area contributed by atoms with Crippen LogP contribution in [0.2, 0.25) is 0 Å². The maximum absolute atomic E-state index is 11.4. The van der Waals surface area contributed by atoms with E-state index in [1.165, 1.54) is 12.8 Å². The van der Waals surface area contributed by atoms with Crippen molar-refractivity contribution in [3.8, 4) is 0 Å². The zero-order chi connectivity index (χ0) is 12.4. The Balaban J connectivity index is 2.09. The SMILES string of the molecule is CC(=O)N1CC[C@H](C(=O)O)[C@H](C2CCCC2)C1. The Morgan fingerprint density at radius 2 is 1.82 bits per heavy atom. The monoisotopic (exact) mass is 239 g/mol. The van der Waals surface area contributed by atoms with E-state index in [2.05, 4.69) is 0 Å². The van der Waals surface area contributed by atoms with Gasteiger partial charge in [0, 0.05) is 20.0 Å². The number of aliphatic carboxylic acids is 1. The Kier molecular flexibility index (Phi) is 3.69. The molecule has 2 aliphatic rings. The molecule has 1 N–H and O–H groups in total. The minimum Gasteiger partial charge on any atom is -0.481 e. The van der Waals surface area contributed by atoms with E-state index in [1.54, 1.807) is 6.92 Å². The van der Waals surface area contributed by atoms with Crippen molar-refractivity contribution in [2.45, 2.75) is 39.0 Å². The summed E-state index contributed by atoms with van der Waals surface area (Å²) < 4.78 is 0. The molecule has 1 saturated heterocycles. The molecule has 4 heteroatoms. The van der Waals surface area contributed by atoms with Gasteiger partial charge in [-0.3, -0.25) is 9.59 Å². The first-order chi connectivity index (χ1) is 8.09. The van der Waals surface area contributed by atoms with Crippen LogP contribution in [0.1, 0.15) is 39.0 Å². The molecule has 4 nitrogen and oxygen atoms in total. The number of hydrogen-bond donors (Lipinski definition) is 1. The molecule has 2 atom stereocenters. The van der Waals surface area contributed by atoms with Crippen LogP contribution in [0, 0.1) is 17.8 Å². The van der Waals surface area contributed by atoms with E-state index >= 15 is 0 Å². The number of likely N-dealkylation sites (tertiary alicyclic amines) is 1. The summed E-state index contributed by atoms with van der Waals surface area (Å²) in [6, 6.07) is 0. The van der Waals surface area contributed by atoms with Crippen molar-refractivity contribution >= 4 is 11.9 Å². The number of carboxylic acids is 1. The van der Waals surface area contributed by atoms with E-state index in [9.17, 15) is 14.7 Å². The van der Waals surface area contributed by atoms with Gasteiger partial charge in [0.15, 0.2) is 0 Å². The van der Waals surface area contributed by atoms with Crippen molar-refractivity contribution in [2.75, 3.05) is 13.1 Å². The maximum atomic E-state index is 11.4. The molecular formula is C13H21NO3.